The molecule has 3 aliphatic rings. The number of halogens is 3. The number of hydrogen-bond donors (Lipinski definition) is 3. The first-order chi connectivity index (χ1) is 17.1. The second-order valence-electron chi connectivity index (χ2n) is 9.92. The minimum Gasteiger partial charge on any atom is -0.465 e. The van der Waals surface area contributed by atoms with Gasteiger partial charge in [-0.05, 0) is 43.7 Å². The van der Waals surface area contributed by atoms with Crippen molar-refractivity contribution in [1.82, 2.24) is 20.5 Å². The van der Waals surface area contributed by atoms with Gasteiger partial charge in [-0.2, -0.15) is 13.2 Å². The van der Waals surface area contributed by atoms with Crippen molar-refractivity contribution >= 4 is 12.0 Å². The zero-order valence-corrected chi connectivity index (χ0v) is 20.3. The number of ether oxygens (including phenoxy) is 2. The lowest BCUT2D eigenvalue weighted by Gasteiger charge is -2.38. The SMILES string of the molecule is CO[C@@H]1COCC[C@@H]1N[C@@H]1CC[C@](CCNC(=O)O)(C(=O)N2CCc3ncc(C(F)(F)F)cc3C2)C1. The summed E-state index contributed by atoms with van der Waals surface area (Å²) in [5, 5.41) is 15.0. The number of alkyl halides is 3. The Morgan fingerprint density at radius 1 is 1.36 bits per heavy atom. The number of hydrogen-bond acceptors (Lipinski definition) is 6. The highest BCUT2D eigenvalue weighted by atomic mass is 19.4. The molecule has 1 aliphatic carbocycles. The molecule has 36 heavy (non-hydrogen) atoms. The van der Waals surface area contributed by atoms with E-state index >= 15 is 0 Å². The van der Waals surface area contributed by atoms with Crippen LogP contribution in [-0.4, -0.2) is 78.6 Å². The number of carbonyl (C=O) groups excluding carboxylic acids is 1. The fraction of sp³-hybridized carbons (Fsp3) is 0.708. The predicted molar refractivity (Wildman–Crippen MR) is 122 cm³/mol. The van der Waals surface area contributed by atoms with Crippen LogP contribution in [-0.2, 0) is 33.4 Å². The molecule has 4 rings (SSSR count). The summed E-state index contributed by atoms with van der Waals surface area (Å²) in [6.45, 7) is 1.66. The molecule has 9 nitrogen and oxygen atoms in total. The Balaban J connectivity index is 1.49. The van der Waals surface area contributed by atoms with Gasteiger partial charge in [0.15, 0.2) is 0 Å². The monoisotopic (exact) mass is 514 g/mol. The van der Waals surface area contributed by atoms with E-state index in [1.807, 2.05) is 0 Å². The van der Waals surface area contributed by atoms with Crippen molar-refractivity contribution in [2.75, 3.05) is 33.4 Å². The van der Waals surface area contributed by atoms with Gasteiger partial charge < -0.3 is 30.1 Å². The smallest absolute Gasteiger partial charge is 0.417 e. The second kappa shape index (κ2) is 10.9. The highest BCUT2D eigenvalue weighted by Crippen LogP contribution is 2.44. The molecular weight excluding hydrogens is 481 g/mol. The van der Waals surface area contributed by atoms with Crippen LogP contribution in [0.3, 0.4) is 0 Å². The Bertz CT molecular complexity index is 962. The summed E-state index contributed by atoms with van der Waals surface area (Å²) in [5.41, 5.74) is -0.656. The van der Waals surface area contributed by atoms with Crippen LogP contribution in [0.2, 0.25) is 0 Å². The summed E-state index contributed by atoms with van der Waals surface area (Å²) in [6, 6.07) is 1.20. The summed E-state index contributed by atoms with van der Waals surface area (Å²) in [6.07, 6.45) is -1.62. The summed E-state index contributed by atoms with van der Waals surface area (Å²) in [4.78, 5) is 30.5. The average Bonchev–Trinajstić information content (AvgIpc) is 3.26. The fourth-order valence-corrected chi connectivity index (χ4v) is 5.73. The molecule has 0 bridgehead atoms. The van der Waals surface area contributed by atoms with Crippen LogP contribution >= 0.6 is 0 Å². The van der Waals surface area contributed by atoms with Gasteiger partial charge >= 0.3 is 12.3 Å². The molecule has 2 aliphatic heterocycles. The first-order valence-corrected chi connectivity index (χ1v) is 12.3. The van der Waals surface area contributed by atoms with Gasteiger partial charge in [-0.15, -0.1) is 0 Å². The number of rotatable bonds is 7. The summed E-state index contributed by atoms with van der Waals surface area (Å²) < 4.78 is 50.7. The van der Waals surface area contributed by atoms with Crippen molar-refractivity contribution in [3.8, 4) is 0 Å². The van der Waals surface area contributed by atoms with Crippen LogP contribution in [0.25, 0.3) is 0 Å². The maximum atomic E-state index is 13.9. The number of nitrogens with one attached hydrogen (secondary N) is 2. The van der Waals surface area contributed by atoms with Crippen LogP contribution in [0.15, 0.2) is 12.3 Å². The van der Waals surface area contributed by atoms with Crippen LogP contribution in [0.5, 0.6) is 0 Å². The molecule has 0 radical (unpaired) electrons. The van der Waals surface area contributed by atoms with E-state index in [1.54, 1.807) is 12.0 Å². The van der Waals surface area contributed by atoms with Crippen LogP contribution < -0.4 is 10.6 Å². The van der Waals surface area contributed by atoms with Crippen LogP contribution in [0.1, 0.15) is 48.9 Å². The molecule has 0 unspecified atom stereocenters. The van der Waals surface area contributed by atoms with E-state index in [2.05, 4.69) is 15.6 Å². The van der Waals surface area contributed by atoms with Crippen molar-refractivity contribution < 1.29 is 37.3 Å². The lowest BCUT2D eigenvalue weighted by molar-refractivity contribution is -0.143. The van der Waals surface area contributed by atoms with Gasteiger partial charge in [-0.1, -0.05) is 0 Å². The molecule has 200 valence electrons. The lowest BCUT2D eigenvalue weighted by atomic mass is 9.80. The Kier molecular flexibility index (Phi) is 8.06. The largest absolute Gasteiger partial charge is 0.465 e. The third kappa shape index (κ3) is 5.92. The Morgan fingerprint density at radius 3 is 2.89 bits per heavy atom. The number of aromatic nitrogens is 1. The molecule has 1 aromatic rings. The Hall–Kier alpha value is -2.44. The Morgan fingerprint density at radius 2 is 2.17 bits per heavy atom. The van der Waals surface area contributed by atoms with Gasteiger partial charge in [0, 0.05) is 63.7 Å². The summed E-state index contributed by atoms with van der Waals surface area (Å²) in [7, 11) is 1.64. The maximum absolute atomic E-state index is 13.9. The van der Waals surface area contributed by atoms with Crippen LogP contribution in [0, 0.1) is 5.41 Å². The van der Waals surface area contributed by atoms with Gasteiger partial charge in [0.1, 0.15) is 0 Å². The van der Waals surface area contributed by atoms with Gasteiger partial charge in [0.05, 0.1) is 23.7 Å². The second-order valence-corrected chi connectivity index (χ2v) is 9.92. The molecule has 0 spiro atoms. The molecular formula is C24H33F3N4O5. The maximum Gasteiger partial charge on any atom is 0.417 e. The normalized spacial score (nSPS) is 28.6. The first-order valence-electron chi connectivity index (χ1n) is 12.3. The molecule has 12 heteroatoms. The zero-order chi connectivity index (χ0) is 25.9. The average molecular weight is 515 g/mol. The standard InChI is InChI=1S/C24H33F3N4O5/c1-35-20-14-36-9-4-19(20)30-17-2-5-23(11-17,6-7-28-22(33)34)21(32)31-8-3-18-15(13-31)10-16(12-29-18)24(25,26)27/h10,12,17,19-20,28,30H,2-9,11,13-14H2,1H3,(H,33,34)/t17-,19+,20-,23-/m1/s1. The van der Waals surface area contributed by atoms with Crippen molar-refractivity contribution in [3.63, 3.8) is 0 Å². The van der Waals surface area contributed by atoms with Crippen molar-refractivity contribution in [2.24, 2.45) is 5.41 Å². The van der Waals surface area contributed by atoms with E-state index in [0.717, 1.165) is 25.1 Å². The number of carbonyl (C=O) groups is 2. The number of carboxylic acid groups (broad SMARTS) is 1. The van der Waals surface area contributed by atoms with Gasteiger partial charge in [0.2, 0.25) is 5.91 Å². The third-order valence-corrected chi connectivity index (χ3v) is 7.65. The molecule has 1 saturated heterocycles. The third-order valence-electron chi connectivity index (χ3n) is 7.65. The number of pyridine rings is 1. The number of amides is 2. The minimum atomic E-state index is -4.51. The molecule has 1 saturated carbocycles. The Labute approximate surface area is 207 Å². The minimum absolute atomic E-state index is 0.0371. The van der Waals surface area contributed by atoms with Gasteiger partial charge in [0.25, 0.3) is 0 Å². The van der Waals surface area contributed by atoms with Crippen LogP contribution in [0.4, 0.5) is 18.0 Å². The van der Waals surface area contributed by atoms with E-state index in [1.165, 1.54) is 0 Å². The van der Waals surface area contributed by atoms with Gasteiger partial charge in [-0.3, -0.25) is 9.78 Å². The quantitative estimate of drug-likeness (QED) is 0.513. The van der Waals surface area contributed by atoms with E-state index in [0.29, 0.717) is 56.7 Å². The zero-order valence-electron chi connectivity index (χ0n) is 20.3. The molecule has 2 amide bonds. The molecule has 3 heterocycles. The predicted octanol–water partition coefficient (Wildman–Crippen LogP) is 2.58. The van der Waals surface area contributed by atoms with Crippen molar-refractivity contribution in [1.29, 1.82) is 0 Å². The number of fused-ring (bicyclic) bond motifs is 1. The summed E-state index contributed by atoms with van der Waals surface area (Å²) in [5.74, 6) is -0.141. The van der Waals surface area contributed by atoms with Crippen molar-refractivity contribution in [3.05, 3.63) is 29.1 Å². The molecule has 2 fully saturated rings. The van der Waals surface area contributed by atoms with E-state index < -0.39 is 23.2 Å². The van der Waals surface area contributed by atoms with E-state index in [-0.39, 0.29) is 37.2 Å². The van der Waals surface area contributed by atoms with E-state index in [4.69, 9.17) is 14.6 Å². The fourth-order valence-electron chi connectivity index (χ4n) is 5.73. The number of methoxy groups -OCH3 is 1. The molecule has 0 aromatic carbocycles. The molecule has 3 N–H and O–H groups in total. The number of nitrogens with zero attached hydrogens (tertiary/aromatic N) is 2. The highest BCUT2D eigenvalue weighted by Gasteiger charge is 2.48. The van der Waals surface area contributed by atoms with Crippen molar-refractivity contribution in [2.45, 2.75) is 69.4 Å². The highest BCUT2D eigenvalue weighted by molar-refractivity contribution is 5.83. The molecule has 1 aromatic heterocycles. The van der Waals surface area contributed by atoms with Gasteiger partial charge in [-0.25, -0.2) is 4.79 Å². The molecule has 4 atom stereocenters. The lowest BCUT2D eigenvalue weighted by Crippen LogP contribution is -2.51. The topological polar surface area (TPSA) is 113 Å². The summed E-state index contributed by atoms with van der Waals surface area (Å²) >= 11 is 0. The first kappa shape index (κ1) is 26.6. The van der Waals surface area contributed by atoms with E-state index in [9.17, 15) is 22.8 Å².